The van der Waals surface area contributed by atoms with Gasteiger partial charge in [-0.2, -0.15) is 4.98 Å². The van der Waals surface area contributed by atoms with Crippen molar-refractivity contribution in [2.75, 3.05) is 5.73 Å². The molecule has 19 heavy (non-hydrogen) atoms. The van der Waals surface area contributed by atoms with E-state index in [1.165, 1.54) is 6.33 Å². The van der Waals surface area contributed by atoms with Crippen molar-refractivity contribution in [3.8, 4) is 11.6 Å². The van der Waals surface area contributed by atoms with Crippen molar-refractivity contribution < 1.29 is 4.74 Å². The maximum atomic E-state index is 5.81. The van der Waals surface area contributed by atoms with Gasteiger partial charge in [-0.15, -0.1) is 0 Å². The fraction of sp³-hybridized carbons (Fsp3) is 0. The van der Waals surface area contributed by atoms with Gasteiger partial charge < -0.3 is 10.5 Å². The Morgan fingerprint density at radius 2 is 2.00 bits per heavy atom. The van der Waals surface area contributed by atoms with Crippen molar-refractivity contribution in [2.45, 2.75) is 0 Å². The molecule has 0 aliphatic rings. The van der Waals surface area contributed by atoms with Crippen molar-refractivity contribution in [1.82, 2.24) is 15.0 Å². The Labute approximate surface area is 114 Å². The van der Waals surface area contributed by atoms with E-state index in [2.05, 4.69) is 15.0 Å². The molecular weight excluding hydrogens is 264 g/mol. The van der Waals surface area contributed by atoms with Crippen molar-refractivity contribution >= 4 is 28.1 Å². The molecule has 2 aromatic heterocycles. The molecule has 3 aromatic rings. The number of nitrogens with two attached hydrogens (primary N) is 1. The highest BCUT2D eigenvalue weighted by Gasteiger charge is 2.08. The molecule has 0 spiro atoms. The van der Waals surface area contributed by atoms with Crippen molar-refractivity contribution in [1.29, 1.82) is 0 Å². The van der Waals surface area contributed by atoms with Crippen LogP contribution in [0.4, 0.5) is 5.69 Å². The SMILES string of the molecule is Nc1c(Cl)ncnc1Oc1ccc2ccncc2c1. The van der Waals surface area contributed by atoms with Crippen molar-refractivity contribution in [2.24, 2.45) is 0 Å². The number of benzene rings is 1. The molecule has 2 N–H and O–H groups in total. The molecule has 0 aliphatic carbocycles. The predicted molar refractivity (Wildman–Crippen MR) is 73.3 cm³/mol. The van der Waals surface area contributed by atoms with Gasteiger partial charge >= 0.3 is 0 Å². The zero-order chi connectivity index (χ0) is 13.2. The summed E-state index contributed by atoms with van der Waals surface area (Å²) in [5.74, 6) is 0.852. The standard InChI is InChI=1S/C13H9ClN4O/c14-12-11(15)13(18-7-17-12)19-10-2-1-8-3-4-16-6-9(8)5-10/h1-7H,15H2. The van der Waals surface area contributed by atoms with Gasteiger partial charge in [-0.05, 0) is 23.6 Å². The van der Waals surface area contributed by atoms with Crippen LogP contribution in [0.25, 0.3) is 10.8 Å². The molecule has 0 bridgehead atoms. The second-order valence-electron chi connectivity index (χ2n) is 3.87. The summed E-state index contributed by atoms with van der Waals surface area (Å²) in [6.45, 7) is 0. The van der Waals surface area contributed by atoms with E-state index in [0.717, 1.165) is 10.8 Å². The molecule has 6 heteroatoms. The van der Waals surface area contributed by atoms with Gasteiger partial charge in [0.25, 0.3) is 0 Å². The van der Waals surface area contributed by atoms with Gasteiger partial charge in [-0.25, -0.2) is 4.98 Å². The molecule has 0 saturated heterocycles. The summed E-state index contributed by atoms with van der Waals surface area (Å²) in [6, 6.07) is 7.55. The first-order valence-corrected chi connectivity index (χ1v) is 5.89. The summed E-state index contributed by atoms with van der Waals surface area (Å²) in [5.41, 5.74) is 5.97. The van der Waals surface area contributed by atoms with Gasteiger partial charge in [0.05, 0.1) is 0 Å². The first kappa shape index (κ1) is 11.7. The number of aromatic nitrogens is 3. The molecular formula is C13H9ClN4O. The fourth-order valence-corrected chi connectivity index (χ4v) is 1.80. The van der Waals surface area contributed by atoms with Gasteiger partial charge in [0.15, 0.2) is 5.15 Å². The smallest absolute Gasteiger partial charge is 0.247 e. The third-order valence-electron chi connectivity index (χ3n) is 2.63. The number of anilines is 1. The monoisotopic (exact) mass is 272 g/mol. The maximum Gasteiger partial charge on any atom is 0.247 e. The number of hydrogen-bond acceptors (Lipinski definition) is 5. The van der Waals surface area contributed by atoms with Gasteiger partial charge in [0.2, 0.25) is 5.88 Å². The van der Waals surface area contributed by atoms with Crippen molar-refractivity contribution in [3.63, 3.8) is 0 Å². The van der Waals surface area contributed by atoms with Crippen LogP contribution in [-0.4, -0.2) is 15.0 Å². The van der Waals surface area contributed by atoms with E-state index in [0.29, 0.717) is 5.75 Å². The molecule has 5 nitrogen and oxygen atoms in total. The number of ether oxygens (including phenoxy) is 1. The number of nitrogen functional groups attached to an aromatic ring is 1. The molecule has 0 unspecified atom stereocenters. The molecule has 94 valence electrons. The lowest BCUT2D eigenvalue weighted by Crippen LogP contribution is -1.97. The van der Waals surface area contributed by atoms with Crippen molar-refractivity contribution in [3.05, 3.63) is 48.1 Å². The normalized spacial score (nSPS) is 10.6. The van der Waals surface area contributed by atoms with E-state index in [9.17, 15) is 0 Å². The molecule has 1 aromatic carbocycles. The maximum absolute atomic E-state index is 5.81. The summed E-state index contributed by atoms with van der Waals surface area (Å²) in [6.07, 6.45) is 4.81. The highest BCUT2D eigenvalue weighted by Crippen LogP contribution is 2.30. The molecule has 0 radical (unpaired) electrons. The van der Waals surface area contributed by atoms with Gasteiger partial charge in [0, 0.05) is 17.8 Å². The quantitative estimate of drug-likeness (QED) is 0.726. The largest absolute Gasteiger partial charge is 0.437 e. The number of pyridine rings is 1. The van der Waals surface area contributed by atoms with Gasteiger partial charge in [-0.1, -0.05) is 17.7 Å². The van der Waals surface area contributed by atoms with Crippen LogP contribution in [0, 0.1) is 0 Å². The van der Waals surface area contributed by atoms with Crippen LogP contribution in [0.3, 0.4) is 0 Å². The molecule has 3 rings (SSSR count). The summed E-state index contributed by atoms with van der Waals surface area (Å²) in [4.78, 5) is 11.8. The Hall–Kier alpha value is -2.40. The highest BCUT2D eigenvalue weighted by atomic mass is 35.5. The minimum Gasteiger partial charge on any atom is -0.437 e. The van der Waals surface area contributed by atoms with E-state index < -0.39 is 0 Å². The minimum atomic E-state index is 0.174. The highest BCUT2D eigenvalue weighted by molar-refractivity contribution is 6.32. The number of rotatable bonds is 2. The summed E-state index contributed by atoms with van der Waals surface area (Å²) in [5, 5.41) is 2.22. The lowest BCUT2D eigenvalue weighted by atomic mass is 10.2. The lowest BCUT2D eigenvalue weighted by molar-refractivity contribution is 0.465. The third kappa shape index (κ3) is 2.28. The topological polar surface area (TPSA) is 73.9 Å². The van der Waals surface area contributed by atoms with E-state index >= 15 is 0 Å². The second kappa shape index (κ2) is 4.70. The number of halogens is 1. The summed E-state index contributed by atoms with van der Waals surface area (Å²) >= 11 is 5.81. The average Bonchev–Trinajstić information content (AvgIpc) is 2.44. The minimum absolute atomic E-state index is 0.174. The molecule has 0 atom stereocenters. The van der Waals surface area contributed by atoms with Crippen LogP contribution in [0.2, 0.25) is 5.15 Å². The van der Waals surface area contributed by atoms with Crippen LogP contribution < -0.4 is 10.5 Å². The summed E-state index contributed by atoms with van der Waals surface area (Å²) in [7, 11) is 0. The van der Waals surface area contributed by atoms with E-state index in [4.69, 9.17) is 22.1 Å². The van der Waals surface area contributed by atoms with Crippen LogP contribution in [0.1, 0.15) is 0 Å². The second-order valence-corrected chi connectivity index (χ2v) is 4.23. The zero-order valence-corrected chi connectivity index (χ0v) is 10.5. The predicted octanol–water partition coefficient (Wildman–Crippen LogP) is 3.05. The first-order chi connectivity index (χ1) is 9.24. The Morgan fingerprint density at radius 1 is 1.11 bits per heavy atom. The molecule has 0 fully saturated rings. The van der Waals surface area contributed by atoms with E-state index in [1.807, 2.05) is 24.3 Å². The first-order valence-electron chi connectivity index (χ1n) is 5.51. The summed E-state index contributed by atoms with van der Waals surface area (Å²) < 4.78 is 5.61. The molecule has 0 amide bonds. The molecule has 0 aliphatic heterocycles. The fourth-order valence-electron chi connectivity index (χ4n) is 1.68. The Bertz CT molecular complexity index is 748. The van der Waals surface area contributed by atoms with Crippen LogP contribution in [-0.2, 0) is 0 Å². The number of fused-ring (bicyclic) bond motifs is 1. The molecule has 0 saturated carbocycles. The van der Waals surface area contributed by atoms with E-state index in [-0.39, 0.29) is 16.7 Å². The number of hydrogen-bond donors (Lipinski definition) is 1. The van der Waals surface area contributed by atoms with Crippen LogP contribution in [0.15, 0.2) is 43.0 Å². The zero-order valence-electron chi connectivity index (χ0n) is 9.75. The van der Waals surface area contributed by atoms with Gasteiger partial charge in [-0.3, -0.25) is 4.98 Å². The third-order valence-corrected chi connectivity index (χ3v) is 2.93. The Kier molecular flexibility index (Phi) is 2.89. The van der Waals surface area contributed by atoms with Gasteiger partial charge in [0.1, 0.15) is 17.8 Å². The van der Waals surface area contributed by atoms with Crippen LogP contribution in [0.5, 0.6) is 11.6 Å². The van der Waals surface area contributed by atoms with E-state index in [1.54, 1.807) is 12.4 Å². The lowest BCUT2D eigenvalue weighted by Gasteiger charge is -2.08. The average molecular weight is 273 g/mol. The van der Waals surface area contributed by atoms with Crippen LogP contribution >= 0.6 is 11.6 Å². The Balaban J connectivity index is 1.99. The Morgan fingerprint density at radius 3 is 2.89 bits per heavy atom. The molecule has 2 heterocycles. The number of nitrogens with zero attached hydrogens (tertiary/aromatic N) is 3.